The zero-order chi connectivity index (χ0) is 15.8. The van der Waals surface area contributed by atoms with Crippen molar-refractivity contribution in [3.05, 3.63) is 29.8 Å². The van der Waals surface area contributed by atoms with Crippen LogP contribution in [0.5, 0.6) is 5.75 Å². The fraction of sp³-hybridized carbons (Fsp3) is 0.588. The van der Waals surface area contributed by atoms with Crippen molar-refractivity contribution in [2.24, 2.45) is 10.4 Å². The first-order valence-electron chi connectivity index (χ1n) is 8.00. The third kappa shape index (κ3) is 5.22. The maximum absolute atomic E-state index is 9.33. The second-order valence-electron chi connectivity index (χ2n) is 5.94. The Morgan fingerprint density at radius 1 is 1.27 bits per heavy atom. The van der Waals surface area contributed by atoms with Gasteiger partial charge in [0, 0.05) is 12.0 Å². The van der Waals surface area contributed by atoms with Crippen LogP contribution in [-0.2, 0) is 0 Å². The lowest BCUT2D eigenvalue weighted by Crippen LogP contribution is -2.39. The predicted octanol–water partition coefficient (Wildman–Crippen LogP) is 1.70. The van der Waals surface area contributed by atoms with E-state index in [-0.39, 0.29) is 12.0 Å². The van der Waals surface area contributed by atoms with E-state index in [1.54, 1.807) is 0 Å². The Bertz CT molecular complexity index is 481. The summed E-state index contributed by atoms with van der Waals surface area (Å²) in [7, 11) is 0. The zero-order valence-electron chi connectivity index (χ0n) is 13.6. The molecule has 0 aromatic heterocycles. The molecule has 0 saturated heterocycles. The normalized spacial score (nSPS) is 16.2. The second kappa shape index (κ2) is 8.03. The van der Waals surface area contributed by atoms with Crippen molar-refractivity contribution < 1.29 is 9.84 Å². The maximum Gasteiger partial charge on any atom is 0.191 e. The molecule has 1 aromatic rings. The van der Waals surface area contributed by atoms with Gasteiger partial charge >= 0.3 is 0 Å². The minimum absolute atomic E-state index is 0.0424. The van der Waals surface area contributed by atoms with Gasteiger partial charge in [0.2, 0.25) is 0 Å². The average Bonchev–Trinajstić information content (AvgIpc) is 3.31. The number of nitrogens with zero attached hydrogens (tertiary/aromatic N) is 1. The molecule has 0 atom stereocenters. The van der Waals surface area contributed by atoms with Crippen LogP contribution >= 0.6 is 0 Å². The number of aliphatic hydroxyl groups excluding tert-OH is 1. The van der Waals surface area contributed by atoms with E-state index in [0.29, 0.717) is 19.7 Å². The van der Waals surface area contributed by atoms with Crippen molar-refractivity contribution in [2.45, 2.75) is 26.7 Å². The molecule has 0 bridgehead atoms. The number of benzene rings is 1. The van der Waals surface area contributed by atoms with Crippen LogP contribution in [-0.4, -0.2) is 43.9 Å². The van der Waals surface area contributed by atoms with Crippen molar-refractivity contribution in [1.82, 2.24) is 10.6 Å². The van der Waals surface area contributed by atoms with E-state index in [1.165, 1.54) is 5.56 Å². The highest BCUT2D eigenvalue weighted by atomic mass is 16.5. The number of ether oxygens (including phenoxy) is 1. The fourth-order valence-corrected chi connectivity index (χ4v) is 2.10. The van der Waals surface area contributed by atoms with Crippen LogP contribution in [0.2, 0.25) is 0 Å². The first-order chi connectivity index (χ1) is 10.7. The van der Waals surface area contributed by atoms with E-state index in [2.05, 4.69) is 22.5 Å². The van der Waals surface area contributed by atoms with Gasteiger partial charge in [0.05, 0.1) is 19.7 Å². The molecule has 0 aliphatic heterocycles. The number of hydrogen-bond acceptors (Lipinski definition) is 3. The van der Waals surface area contributed by atoms with E-state index in [9.17, 15) is 5.11 Å². The summed E-state index contributed by atoms with van der Waals surface area (Å²) >= 11 is 0. The highest BCUT2D eigenvalue weighted by Crippen LogP contribution is 2.45. The smallest absolute Gasteiger partial charge is 0.191 e. The maximum atomic E-state index is 9.33. The summed E-state index contributed by atoms with van der Waals surface area (Å²) in [6.07, 6.45) is 2.14. The molecule has 0 unspecified atom stereocenters. The van der Waals surface area contributed by atoms with Crippen LogP contribution in [0.25, 0.3) is 0 Å². The molecule has 3 N–H and O–H groups in total. The molecule has 122 valence electrons. The van der Waals surface area contributed by atoms with Gasteiger partial charge in [-0.3, -0.25) is 4.99 Å². The minimum Gasteiger partial charge on any atom is -0.492 e. The fourth-order valence-electron chi connectivity index (χ4n) is 2.10. The van der Waals surface area contributed by atoms with E-state index in [1.807, 2.05) is 31.2 Å². The molecule has 0 spiro atoms. The molecule has 5 nitrogen and oxygen atoms in total. The molecule has 1 fully saturated rings. The third-order valence-electron chi connectivity index (χ3n) is 3.89. The van der Waals surface area contributed by atoms with Crippen molar-refractivity contribution >= 4 is 5.96 Å². The third-order valence-corrected chi connectivity index (χ3v) is 3.89. The molecule has 22 heavy (non-hydrogen) atoms. The van der Waals surface area contributed by atoms with Crippen LogP contribution < -0.4 is 15.4 Å². The summed E-state index contributed by atoms with van der Waals surface area (Å²) in [4.78, 5) is 4.55. The van der Waals surface area contributed by atoms with Crippen LogP contribution in [0.1, 0.15) is 25.3 Å². The second-order valence-corrected chi connectivity index (χ2v) is 5.94. The van der Waals surface area contributed by atoms with Crippen molar-refractivity contribution in [1.29, 1.82) is 0 Å². The van der Waals surface area contributed by atoms with Gasteiger partial charge < -0.3 is 20.5 Å². The summed E-state index contributed by atoms with van der Waals surface area (Å²) in [5.41, 5.74) is 1.27. The van der Waals surface area contributed by atoms with Gasteiger partial charge in [-0.1, -0.05) is 17.7 Å². The average molecular weight is 305 g/mol. The van der Waals surface area contributed by atoms with Crippen molar-refractivity contribution in [3.8, 4) is 5.75 Å². The number of nitrogens with one attached hydrogen (secondary N) is 2. The SMILES string of the molecule is CCNC(=NCC1(CO)CC1)NCCOc1ccc(C)cc1. The van der Waals surface area contributed by atoms with Crippen LogP contribution in [0.3, 0.4) is 0 Å². The molecule has 1 saturated carbocycles. The van der Waals surface area contributed by atoms with Gasteiger partial charge in [-0.2, -0.15) is 0 Å². The lowest BCUT2D eigenvalue weighted by Gasteiger charge is -2.14. The highest BCUT2D eigenvalue weighted by Gasteiger charge is 2.41. The number of rotatable bonds is 8. The van der Waals surface area contributed by atoms with Crippen LogP contribution in [0, 0.1) is 12.3 Å². The Morgan fingerprint density at radius 3 is 2.59 bits per heavy atom. The monoisotopic (exact) mass is 305 g/mol. The van der Waals surface area contributed by atoms with Gasteiger partial charge in [0.15, 0.2) is 5.96 Å². The van der Waals surface area contributed by atoms with E-state index >= 15 is 0 Å². The molecule has 1 aliphatic carbocycles. The topological polar surface area (TPSA) is 65.9 Å². The lowest BCUT2D eigenvalue weighted by molar-refractivity contribution is 0.216. The lowest BCUT2D eigenvalue weighted by atomic mass is 10.1. The molecule has 0 amide bonds. The Hall–Kier alpha value is -1.75. The number of aryl methyl sites for hydroxylation is 1. The first kappa shape index (κ1) is 16.6. The summed E-state index contributed by atoms with van der Waals surface area (Å²) in [5, 5.41) is 15.8. The molecule has 1 aromatic carbocycles. The molecule has 0 radical (unpaired) electrons. The Morgan fingerprint density at radius 2 is 2.00 bits per heavy atom. The van der Waals surface area contributed by atoms with E-state index < -0.39 is 0 Å². The van der Waals surface area contributed by atoms with Crippen LogP contribution in [0.15, 0.2) is 29.3 Å². The van der Waals surface area contributed by atoms with E-state index in [4.69, 9.17) is 4.74 Å². The number of hydrogen-bond donors (Lipinski definition) is 3. The molecular weight excluding hydrogens is 278 g/mol. The predicted molar refractivity (Wildman–Crippen MR) is 89.4 cm³/mol. The van der Waals surface area contributed by atoms with E-state index in [0.717, 1.165) is 31.1 Å². The summed E-state index contributed by atoms with van der Waals surface area (Å²) in [6.45, 7) is 7.09. The molecule has 1 aliphatic rings. The Kier molecular flexibility index (Phi) is 6.07. The summed E-state index contributed by atoms with van der Waals surface area (Å²) in [5.74, 6) is 1.67. The van der Waals surface area contributed by atoms with Gasteiger partial charge in [-0.05, 0) is 38.8 Å². The molecular formula is C17H27N3O2. The van der Waals surface area contributed by atoms with Gasteiger partial charge in [-0.25, -0.2) is 0 Å². The van der Waals surface area contributed by atoms with Crippen LogP contribution in [0.4, 0.5) is 0 Å². The number of aliphatic hydroxyl groups is 1. The van der Waals surface area contributed by atoms with Crippen molar-refractivity contribution in [2.75, 3.05) is 32.8 Å². The number of aliphatic imine (C=N–C) groups is 1. The highest BCUT2D eigenvalue weighted by molar-refractivity contribution is 5.79. The summed E-state index contributed by atoms with van der Waals surface area (Å²) < 4.78 is 5.68. The Labute approximate surface area is 132 Å². The molecule has 2 rings (SSSR count). The molecule has 5 heteroatoms. The quantitative estimate of drug-likeness (QED) is 0.388. The largest absolute Gasteiger partial charge is 0.492 e. The van der Waals surface area contributed by atoms with Gasteiger partial charge in [0.1, 0.15) is 12.4 Å². The Balaban J connectivity index is 1.72. The first-order valence-corrected chi connectivity index (χ1v) is 8.00. The van der Waals surface area contributed by atoms with Gasteiger partial charge in [0.25, 0.3) is 0 Å². The summed E-state index contributed by atoms with van der Waals surface area (Å²) in [6, 6.07) is 8.04. The zero-order valence-corrected chi connectivity index (χ0v) is 13.6. The minimum atomic E-state index is 0.0424. The number of guanidine groups is 1. The standard InChI is InChI=1S/C17H27N3O2/c1-3-18-16(20-12-17(13-21)8-9-17)19-10-11-22-15-6-4-14(2)5-7-15/h4-7,21H,3,8-13H2,1-2H3,(H2,18,19,20). The van der Waals surface area contributed by atoms with Gasteiger partial charge in [-0.15, -0.1) is 0 Å². The molecule has 0 heterocycles. The van der Waals surface area contributed by atoms with Crippen molar-refractivity contribution in [3.63, 3.8) is 0 Å².